The van der Waals surface area contributed by atoms with Gasteiger partial charge in [0.1, 0.15) is 5.82 Å². The van der Waals surface area contributed by atoms with Crippen LogP contribution in [0, 0.1) is 13.8 Å². The van der Waals surface area contributed by atoms with E-state index < -0.39 is 0 Å². The number of piperazine rings is 1. The number of pyridine rings is 1. The predicted molar refractivity (Wildman–Crippen MR) is 116 cm³/mol. The van der Waals surface area contributed by atoms with Crippen molar-refractivity contribution in [3.05, 3.63) is 65.1 Å². The normalized spacial score (nSPS) is 16.2. The number of nitrogens with zero attached hydrogens (tertiary/aromatic N) is 6. The first-order valence-corrected chi connectivity index (χ1v) is 10.4. The quantitative estimate of drug-likeness (QED) is 0.539. The highest BCUT2D eigenvalue weighted by Gasteiger charge is 2.15. The summed E-state index contributed by atoms with van der Waals surface area (Å²) in [6.07, 6.45) is 0. The van der Waals surface area contributed by atoms with Crippen LogP contribution >= 0.6 is 0 Å². The van der Waals surface area contributed by atoms with Crippen LogP contribution in [0.1, 0.15) is 22.6 Å². The van der Waals surface area contributed by atoms with E-state index in [2.05, 4.69) is 85.4 Å². The van der Waals surface area contributed by atoms with E-state index in [-0.39, 0.29) is 0 Å². The smallest absolute Gasteiger partial charge is 0.161 e. The van der Waals surface area contributed by atoms with Gasteiger partial charge >= 0.3 is 0 Å². The third-order valence-corrected chi connectivity index (χ3v) is 6.14. The van der Waals surface area contributed by atoms with E-state index in [9.17, 15) is 0 Å². The Morgan fingerprint density at radius 2 is 1.59 bits per heavy atom. The fourth-order valence-electron chi connectivity index (χ4n) is 4.45. The summed E-state index contributed by atoms with van der Waals surface area (Å²) in [5.74, 6) is 0.928. The van der Waals surface area contributed by atoms with Crippen LogP contribution in [0.3, 0.4) is 0 Å². The molecule has 0 N–H and O–H groups in total. The summed E-state index contributed by atoms with van der Waals surface area (Å²) < 4.78 is 4.53. The van der Waals surface area contributed by atoms with Crippen molar-refractivity contribution in [3.8, 4) is 0 Å². The maximum Gasteiger partial charge on any atom is 0.161 e. The van der Waals surface area contributed by atoms with E-state index in [1.165, 1.54) is 27.9 Å². The molecule has 0 spiro atoms. The molecule has 0 saturated carbocycles. The van der Waals surface area contributed by atoms with Crippen molar-refractivity contribution in [1.29, 1.82) is 0 Å². The van der Waals surface area contributed by atoms with Gasteiger partial charge in [-0.05, 0) is 50.2 Å². The van der Waals surface area contributed by atoms with E-state index in [0.717, 1.165) is 50.7 Å². The first kappa shape index (κ1) is 18.3. The van der Waals surface area contributed by atoms with Crippen LogP contribution in [0.2, 0.25) is 0 Å². The second-order valence-corrected chi connectivity index (χ2v) is 8.32. The molecule has 1 saturated heterocycles. The summed E-state index contributed by atoms with van der Waals surface area (Å²) in [5.41, 5.74) is 7.31. The van der Waals surface area contributed by atoms with Gasteiger partial charge in [-0.25, -0.2) is 0 Å². The van der Waals surface area contributed by atoms with Gasteiger partial charge in [-0.2, -0.15) is 0 Å². The minimum absolute atomic E-state index is 0.874. The molecule has 0 bridgehead atoms. The molecular formula is C23H28N6. The van der Waals surface area contributed by atoms with Gasteiger partial charge in [0.05, 0.1) is 11.0 Å². The maximum atomic E-state index is 4.26. The molecule has 4 aromatic rings. The maximum absolute atomic E-state index is 4.26. The fourth-order valence-corrected chi connectivity index (χ4v) is 4.45. The third kappa shape index (κ3) is 3.43. The van der Waals surface area contributed by atoms with E-state index in [4.69, 9.17) is 0 Å². The monoisotopic (exact) mass is 388 g/mol. The van der Waals surface area contributed by atoms with E-state index >= 15 is 0 Å². The van der Waals surface area contributed by atoms with Gasteiger partial charge in [0.2, 0.25) is 0 Å². The number of aryl methyl sites for hydroxylation is 2. The Morgan fingerprint density at radius 1 is 0.828 bits per heavy atom. The van der Waals surface area contributed by atoms with Gasteiger partial charge in [0, 0.05) is 45.0 Å². The Hall–Kier alpha value is -2.70. The third-order valence-electron chi connectivity index (χ3n) is 6.14. The molecule has 1 aliphatic rings. The van der Waals surface area contributed by atoms with Crippen LogP contribution < -0.4 is 0 Å². The number of rotatable bonds is 4. The largest absolute Gasteiger partial charge is 0.339 e. The van der Waals surface area contributed by atoms with Crippen LogP contribution in [0.4, 0.5) is 0 Å². The summed E-state index contributed by atoms with van der Waals surface area (Å²) in [5, 5.41) is 8.50. The van der Waals surface area contributed by atoms with Crippen molar-refractivity contribution >= 4 is 16.7 Å². The van der Waals surface area contributed by atoms with Crippen LogP contribution in [0.15, 0.2) is 42.5 Å². The number of likely N-dealkylation sites (N-methyl/N-ethyl adjacent to an activating group) is 1. The molecule has 6 nitrogen and oxygen atoms in total. The zero-order valence-electron chi connectivity index (χ0n) is 17.5. The predicted octanol–water partition coefficient (Wildman–Crippen LogP) is 3.10. The van der Waals surface area contributed by atoms with Crippen molar-refractivity contribution in [2.24, 2.45) is 0 Å². The highest BCUT2D eigenvalue weighted by molar-refractivity contribution is 5.81. The minimum Gasteiger partial charge on any atom is -0.339 e. The average Bonchev–Trinajstić information content (AvgIpc) is 3.24. The summed E-state index contributed by atoms with van der Waals surface area (Å²) in [6, 6.07) is 15.5. The molecule has 0 aliphatic carbocycles. The van der Waals surface area contributed by atoms with Gasteiger partial charge in [0.25, 0.3) is 0 Å². The molecule has 1 aromatic carbocycles. The Labute approximate surface area is 171 Å². The number of hydrogen-bond acceptors (Lipinski definition) is 4. The molecule has 1 fully saturated rings. The Bertz CT molecular complexity index is 1160. The van der Waals surface area contributed by atoms with Crippen molar-refractivity contribution in [1.82, 2.24) is 29.0 Å². The molecule has 5 rings (SSSR count). The standard InChI is InChI=1S/C23H28N6/c1-17-13-22-21(7-8-23-25-24-18(2)29(22)23)28(17)16-20-6-4-5-19(14-20)15-27-11-9-26(3)10-12-27/h4-8,13-14H,9-12,15-16H2,1-3H3. The lowest BCUT2D eigenvalue weighted by molar-refractivity contribution is 0.148. The highest BCUT2D eigenvalue weighted by atomic mass is 15.3. The molecule has 6 heteroatoms. The number of benzene rings is 1. The Balaban J connectivity index is 1.43. The van der Waals surface area contributed by atoms with Gasteiger partial charge in [-0.15, -0.1) is 10.2 Å². The van der Waals surface area contributed by atoms with Crippen LogP contribution in [0.5, 0.6) is 0 Å². The second kappa shape index (κ2) is 7.28. The van der Waals surface area contributed by atoms with Crippen LogP contribution in [-0.2, 0) is 13.1 Å². The second-order valence-electron chi connectivity index (χ2n) is 8.32. The number of aromatic nitrogens is 4. The molecular weight excluding hydrogens is 360 g/mol. The zero-order valence-corrected chi connectivity index (χ0v) is 17.5. The molecule has 150 valence electrons. The zero-order chi connectivity index (χ0) is 20.0. The highest BCUT2D eigenvalue weighted by Crippen LogP contribution is 2.23. The van der Waals surface area contributed by atoms with Gasteiger partial charge < -0.3 is 9.47 Å². The molecule has 3 aromatic heterocycles. The van der Waals surface area contributed by atoms with E-state index in [1.807, 2.05) is 6.92 Å². The summed E-state index contributed by atoms with van der Waals surface area (Å²) >= 11 is 0. The minimum atomic E-state index is 0.874. The lowest BCUT2D eigenvalue weighted by atomic mass is 10.1. The van der Waals surface area contributed by atoms with E-state index in [1.54, 1.807) is 0 Å². The molecule has 0 atom stereocenters. The number of fused-ring (bicyclic) bond motifs is 3. The lowest BCUT2D eigenvalue weighted by Crippen LogP contribution is -2.43. The molecule has 0 radical (unpaired) electrons. The van der Waals surface area contributed by atoms with Gasteiger partial charge in [-0.1, -0.05) is 24.3 Å². The summed E-state index contributed by atoms with van der Waals surface area (Å²) in [4.78, 5) is 4.96. The molecule has 0 unspecified atom stereocenters. The van der Waals surface area contributed by atoms with Crippen molar-refractivity contribution in [3.63, 3.8) is 0 Å². The van der Waals surface area contributed by atoms with Gasteiger partial charge in [0.15, 0.2) is 5.65 Å². The lowest BCUT2D eigenvalue weighted by Gasteiger charge is -2.32. The average molecular weight is 389 g/mol. The van der Waals surface area contributed by atoms with E-state index in [0.29, 0.717) is 0 Å². The fraction of sp³-hybridized carbons (Fsp3) is 0.391. The van der Waals surface area contributed by atoms with Crippen LogP contribution in [-0.4, -0.2) is 62.2 Å². The summed E-state index contributed by atoms with van der Waals surface area (Å²) in [6.45, 7) is 10.7. The van der Waals surface area contributed by atoms with Crippen molar-refractivity contribution < 1.29 is 0 Å². The van der Waals surface area contributed by atoms with Gasteiger partial charge in [-0.3, -0.25) is 9.30 Å². The van der Waals surface area contributed by atoms with Crippen molar-refractivity contribution in [2.45, 2.75) is 26.9 Å². The number of hydrogen-bond donors (Lipinski definition) is 0. The topological polar surface area (TPSA) is 41.6 Å². The molecule has 0 amide bonds. The SMILES string of the molecule is Cc1cc2c(ccc3nnc(C)n32)n1Cc1cccc(CN2CCN(C)CC2)c1. The molecule has 29 heavy (non-hydrogen) atoms. The van der Waals surface area contributed by atoms with Crippen LogP contribution in [0.25, 0.3) is 16.7 Å². The van der Waals surface area contributed by atoms with Crippen molar-refractivity contribution in [2.75, 3.05) is 33.2 Å². The summed E-state index contributed by atoms with van der Waals surface area (Å²) in [7, 11) is 2.21. The first-order chi connectivity index (χ1) is 14.1. The Morgan fingerprint density at radius 3 is 2.38 bits per heavy atom. The Kier molecular flexibility index (Phi) is 4.60. The molecule has 1 aliphatic heterocycles. The first-order valence-electron chi connectivity index (χ1n) is 10.4. The molecule has 4 heterocycles.